The fourth-order valence-corrected chi connectivity index (χ4v) is 4.17. The molecule has 0 aromatic heterocycles. The first kappa shape index (κ1) is 13.9. The van der Waals surface area contributed by atoms with Crippen LogP contribution in [-0.2, 0) is 0 Å². The molecule has 2 heteroatoms. The highest BCUT2D eigenvalue weighted by molar-refractivity contribution is 4.92. The van der Waals surface area contributed by atoms with E-state index in [0.717, 1.165) is 29.8 Å². The predicted octanol–water partition coefficient (Wildman–Crippen LogP) is 3.28. The average molecular weight is 264 g/mol. The molecule has 3 fully saturated rings. The minimum atomic E-state index is 0.773. The van der Waals surface area contributed by atoms with Crippen molar-refractivity contribution in [1.82, 2.24) is 10.2 Å². The van der Waals surface area contributed by atoms with Gasteiger partial charge in [-0.2, -0.15) is 0 Å². The van der Waals surface area contributed by atoms with E-state index in [0.29, 0.717) is 0 Å². The lowest BCUT2D eigenvalue weighted by Crippen LogP contribution is -2.56. The summed E-state index contributed by atoms with van der Waals surface area (Å²) in [5, 5.41) is 3.89. The van der Waals surface area contributed by atoms with Gasteiger partial charge in [0.05, 0.1) is 0 Å². The van der Waals surface area contributed by atoms with E-state index in [1.54, 1.807) is 0 Å². The number of rotatable bonds is 5. The van der Waals surface area contributed by atoms with Gasteiger partial charge in [-0.1, -0.05) is 26.7 Å². The molecular formula is C17H32N2. The summed E-state index contributed by atoms with van der Waals surface area (Å²) in [6, 6.07) is 1.69. The van der Waals surface area contributed by atoms with Gasteiger partial charge in [0.15, 0.2) is 0 Å². The van der Waals surface area contributed by atoms with E-state index in [4.69, 9.17) is 0 Å². The molecule has 0 amide bonds. The Balaban J connectivity index is 1.48. The second-order valence-corrected chi connectivity index (χ2v) is 7.60. The van der Waals surface area contributed by atoms with Crippen molar-refractivity contribution in [3.05, 3.63) is 0 Å². The maximum Gasteiger partial charge on any atom is 0.0198 e. The average Bonchev–Trinajstić information content (AvgIpc) is 2.32. The molecular weight excluding hydrogens is 232 g/mol. The smallest absolute Gasteiger partial charge is 0.0198 e. The van der Waals surface area contributed by atoms with Gasteiger partial charge in [0.25, 0.3) is 0 Å². The van der Waals surface area contributed by atoms with Gasteiger partial charge >= 0.3 is 0 Å². The van der Waals surface area contributed by atoms with Crippen LogP contribution in [0.5, 0.6) is 0 Å². The van der Waals surface area contributed by atoms with Crippen molar-refractivity contribution < 1.29 is 0 Å². The third kappa shape index (κ3) is 3.33. The van der Waals surface area contributed by atoms with E-state index in [1.807, 2.05) is 0 Å². The third-order valence-electron chi connectivity index (χ3n) is 5.93. The molecule has 2 unspecified atom stereocenters. The molecule has 0 radical (unpaired) electrons. The van der Waals surface area contributed by atoms with E-state index in [1.165, 1.54) is 64.6 Å². The van der Waals surface area contributed by atoms with Crippen LogP contribution in [0.2, 0.25) is 0 Å². The van der Waals surface area contributed by atoms with Crippen LogP contribution in [0.3, 0.4) is 0 Å². The summed E-state index contributed by atoms with van der Waals surface area (Å²) < 4.78 is 0. The Bertz CT molecular complexity index is 281. The molecule has 0 aromatic rings. The maximum atomic E-state index is 3.89. The molecule has 2 nitrogen and oxygen atoms in total. The lowest BCUT2D eigenvalue weighted by atomic mass is 9.78. The molecule has 0 aromatic carbocycles. The highest BCUT2D eigenvalue weighted by Gasteiger charge is 2.36. The van der Waals surface area contributed by atoms with Crippen molar-refractivity contribution in [3.8, 4) is 0 Å². The van der Waals surface area contributed by atoms with Crippen molar-refractivity contribution in [2.45, 2.75) is 70.9 Å². The Morgan fingerprint density at radius 1 is 1.05 bits per heavy atom. The second kappa shape index (κ2) is 6.13. The Morgan fingerprint density at radius 2 is 1.84 bits per heavy atom. The zero-order valence-corrected chi connectivity index (χ0v) is 12.9. The zero-order chi connectivity index (χ0) is 13.2. The first-order valence-electron chi connectivity index (χ1n) is 8.72. The predicted molar refractivity (Wildman–Crippen MR) is 81.3 cm³/mol. The molecule has 3 rings (SSSR count). The molecule has 19 heavy (non-hydrogen) atoms. The van der Waals surface area contributed by atoms with E-state index in [-0.39, 0.29) is 0 Å². The highest BCUT2D eigenvalue weighted by Crippen LogP contribution is 2.34. The van der Waals surface area contributed by atoms with Crippen LogP contribution in [0, 0.1) is 17.8 Å². The molecule has 1 N–H and O–H groups in total. The number of likely N-dealkylation sites (tertiary alicyclic amines) is 1. The number of nitrogens with zero attached hydrogens (tertiary/aromatic N) is 1. The Morgan fingerprint density at radius 3 is 2.42 bits per heavy atom. The van der Waals surface area contributed by atoms with Gasteiger partial charge < -0.3 is 5.32 Å². The summed E-state index contributed by atoms with van der Waals surface area (Å²) in [6.07, 6.45) is 10.1. The second-order valence-electron chi connectivity index (χ2n) is 7.60. The van der Waals surface area contributed by atoms with E-state index in [9.17, 15) is 0 Å². The summed E-state index contributed by atoms with van der Waals surface area (Å²) >= 11 is 0. The van der Waals surface area contributed by atoms with Gasteiger partial charge in [-0.25, -0.2) is 0 Å². The zero-order valence-electron chi connectivity index (χ0n) is 12.9. The van der Waals surface area contributed by atoms with Crippen LogP contribution in [0.25, 0.3) is 0 Å². The minimum Gasteiger partial charge on any atom is -0.312 e. The fourth-order valence-electron chi connectivity index (χ4n) is 4.17. The summed E-state index contributed by atoms with van der Waals surface area (Å²) in [5.74, 6) is 2.91. The van der Waals surface area contributed by atoms with Gasteiger partial charge in [0.2, 0.25) is 0 Å². The van der Waals surface area contributed by atoms with Gasteiger partial charge in [-0.15, -0.1) is 0 Å². The topological polar surface area (TPSA) is 15.3 Å². The summed E-state index contributed by atoms with van der Waals surface area (Å²) in [6.45, 7) is 8.76. The Hall–Kier alpha value is -0.0800. The van der Waals surface area contributed by atoms with Crippen molar-refractivity contribution in [1.29, 1.82) is 0 Å². The first-order valence-corrected chi connectivity index (χ1v) is 8.72. The molecule has 0 bridgehead atoms. The number of nitrogens with one attached hydrogen (secondary N) is 1. The standard InChI is InChI=1S/C17H32N2/c1-3-14-9-16(18-10-15-5-4-6-15)12-19(11-14)17-7-13(2)8-17/h13-18H,3-12H2,1-2H3. The summed E-state index contributed by atoms with van der Waals surface area (Å²) in [7, 11) is 0. The minimum absolute atomic E-state index is 0.773. The van der Waals surface area contributed by atoms with Crippen LogP contribution < -0.4 is 5.32 Å². The summed E-state index contributed by atoms with van der Waals surface area (Å²) in [5.41, 5.74) is 0. The van der Waals surface area contributed by atoms with Gasteiger partial charge in [-0.05, 0) is 56.4 Å². The van der Waals surface area contributed by atoms with E-state index >= 15 is 0 Å². The van der Waals surface area contributed by atoms with Crippen LogP contribution in [0.15, 0.2) is 0 Å². The monoisotopic (exact) mass is 264 g/mol. The van der Waals surface area contributed by atoms with Crippen molar-refractivity contribution >= 4 is 0 Å². The Kier molecular flexibility index (Phi) is 4.48. The molecule has 2 saturated carbocycles. The van der Waals surface area contributed by atoms with Crippen molar-refractivity contribution in [2.24, 2.45) is 17.8 Å². The largest absolute Gasteiger partial charge is 0.312 e. The molecule has 110 valence electrons. The maximum absolute atomic E-state index is 3.89. The SMILES string of the molecule is CCC1CC(NCC2CCC2)CN(C2CC(C)C2)C1. The third-order valence-corrected chi connectivity index (χ3v) is 5.93. The number of hydrogen-bond donors (Lipinski definition) is 1. The molecule has 2 atom stereocenters. The molecule has 1 saturated heterocycles. The fraction of sp³-hybridized carbons (Fsp3) is 1.00. The van der Waals surface area contributed by atoms with Crippen molar-refractivity contribution in [2.75, 3.05) is 19.6 Å². The van der Waals surface area contributed by atoms with E-state index < -0.39 is 0 Å². The van der Waals surface area contributed by atoms with Crippen LogP contribution in [0.1, 0.15) is 58.8 Å². The quantitative estimate of drug-likeness (QED) is 0.820. The van der Waals surface area contributed by atoms with Gasteiger partial charge in [0, 0.05) is 25.2 Å². The molecule has 1 heterocycles. The summed E-state index contributed by atoms with van der Waals surface area (Å²) in [4.78, 5) is 2.82. The van der Waals surface area contributed by atoms with Gasteiger partial charge in [0.1, 0.15) is 0 Å². The number of hydrogen-bond acceptors (Lipinski definition) is 2. The molecule has 2 aliphatic carbocycles. The van der Waals surface area contributed by atoms with E-state index in [2.05, 4.69) is 24.1 Å². The van der Waals surface area contributed by atoms with Crippen molar-refractivity contribution in [3.63, 3.8) is 0 Å². The van der Waals surface area contributed by atoms with Gasteiger partial charge in [-0.3, -0.25) is 4.90 Å². The molecule has 0 spiro atoms. The number of piperidine rings is 1. The Labute approximate surface area is 119 Å². The normalized spacial score (nSPS) is 40.7. The molecule has 1 aliphatic heterocycles. The van der Waals surface area contributed by atoms with Crippen LogP contribution in [0.4, 0.5) is 0 Å². The molecule has 3 aliphatic rings. The highest BCUT2D eigenvalue weighted by atomic mass is 15.2. The lowest BCUT2D eigenvalue weighted by Gasteiger charge is -2.48. The van der Waals surface area contributed by atoms with Crippen LogP contribution in [-0.4, -0.2) is 36.6 Å². The lowest BCUT2D eigenvalue weighted by molar-refractivity contribution is 0.0316. The first-order chi connectivity index (χ1) is 9.24. The van der Waals surface area contributed by atoms with Crippen LogP contribution >= 0.6 is 0 Å².